The first-order valence-corrected chi connectivity index (χ1v) is 6.16. The zero-order chi connectivity index (χ0) is 10.1. The van der Waals surface area contributed by atoms with Crippen molar-refractivity contribution in [1.82, 2.24) is 0 Å². The van der Waals surface area contributed by atoms with Crippen LogP contribution in [0.4, 0.5) is 4.39 Å². The fraction of sp³-hybridized carbons (Fsp3) is 0.200. The summed E-state index contributed by atoms with van der Waals surface area (Å²) in [7, 11) is 1.50. The number of thiophene rings is 1. The number of methoxy groups -OCH3 is 1. The van der Waals surface area contributed by atoms with Gasteiger partial charge in [-0.25, -0.2) is 4.39 Å². The Kier molecular flexibility index (Phi) is 2.65. The van der Waals surface area contributed by atoms with Crippen LogP contribution in [-0.2, 0) is 0 Å². The summed E-state index contributed by atoms with van der Waals surface area (Å²) >= 11 is 3.05. The first kappa shape index (κ1) is 9.80. The standard InChI is InChI=1S/C10H9FOS2/c1-12-9-7(11)5-8(13-2)6-3-4-14-10(6)9/h3-5H,1-2H3. The molecule has 74 valence electrons. The number of thioether (sulfide) groups is 1. The Bertz CT molecular complexity index is 464. The smallest absolute Gasteiger partial charge is 0.172 e. The maximum atomic E-state index is 13.5. The summed E-state index contributed by atoms with van der Waals surface area (Å²) in [5, 5.41) is 3.02. The zero-order valence-corrected chi connectivity index (χ0v) is 9.47. The lowest BCUT2D eigenvalue weighted by Crippen LogP contribution is -1.88. The third-order valence-electron chi connectivity index (χ3n) is 2.04. The normalized spacial score (nSPS) is 10.8. The molecule has 0 aliphatic carbocycles. The first-order chi connectivity index (χ1) is 6.77. The maximum absolute atomic E-state index is 13.5. The molecule has 14 heavy (non-hydrogen) atoms. The van der Waals surface area contributed by atoms with E-state index >= 15 is 0 Å². The van der Waals surface area contributed by atoms with Crippen LogP contribution in [0.15, 0.2) is 22.4 Å². The highest BCUT2D eigenvalue weighted by Gasteiger charge is 2.12. The summed E-state index contributed by atoms with van der Waals surface area (Å²) in [5.41, 5.74) is 0. The quantitative estimate of drug-likeness (QED) is 0.724. The van der Waals surface area contributed by atoms with Crippen LogP contribution in [0.3, 0.4) is 0 Å². The first-order valence-electron chi connectivity index (χ1n) is 4.05. The predicted molar refractivity (Wildman–Crippen MR) is 60.1 cm³/mol. The fourth-order valence-corrected chi connectivity index (χ4v) is 3.01. The zero-order valence-electron chi connectivity index (χ0n) is 7.83. The molecule has 1 aromatic carbocycles. The average Bonchev–Trinajstić information content (AvgIpc) is 2.65. The number of benzene rings is 1. The Morgan fingerprint density at radius 2 is 2.29 bits per heavy atom. The van der Waals surface area contributed by atoms with Gasteiger partial charge in [0.25, 0.3) is 0 Å². The highest BCUT2D eigenvalue weighted by atomic mass is 32.2. The molecule has 0 fully saturated rings. The van der Waals surface area contributed by atoms with Gasteiger partial charge in [0.05, 0.1) is 11.8 Å². The molecule has 1 aromatic heterocycles. The van der Waals surface area contributed by atoms with Gasteiger partial charge in [0, 0.05) is 10.3 Å². The molecule has 0 aliphatic heterocycles. The molecule has 0 saturated carbocycles. The molecule has 0 spiro atoms. The van der Waals surface area contributed by atoms with Crippen LogP contribution in [0.25, 0.3) is 10.1 Å². The van der Waals surface area contributed by atoms with Gasteiger partial charge in [-0.15, -0.1) is 23.1 Å². The molecule has 0 bridgehead atoms. The van der Waals surface area contributed by atoms with Crippen molar-refractivity contribution >= 4 is 33.2 Å². The maximum Gasteiger partial charge on any atom is 0.172 e. The summed E-state index contributed by atoms with van der Waals surface area (Å²) in [5.74, 6) is 0.0691. The number of halogens is 1. The molecule has 0 N–H and O–H groups in total. The van der Waals surface area contributed by atoms with Crippen molar-refractivity contribution in [3.8, 4) is 5.75 Å². The molecule has 0 saturated heterocycles. The Morgan fingerprint density at radius 3 is 2.93 bits per heavy atom. The van der Waals surface area contributed by atoms with E-state index in [1.807, 2.05) is 17.7 Å². The molecule has 0 amide bonds. The van der Waals surface area contributed by atoms with E-state index in [0.717, 1.165) is 15.0 Å². The number of ether oxygens (including phenoxy) is 1. The van der Waals surface area contributed by atoms with Crippen molar-refractivity contribution in [2.45, 2.75) is 4.90 Å². The van der Waals surface area contributed by atoms with Gasteiger partial charge in [-0.05, 0) is 23.8 Å². The van der Waals surface area contributed by atoms with Gasteiger partial charge in [0.1, 0.15) is 0 Å². The van der Waals surface area contributed by atoms with Crippen LogP contribution in [0.5, 0.6) is 5.75 Å². The van der Waals surface area contributed by atoms with Crippen molar-refractivity contribution in [2.24, 2.45) is 0 Å². The van der Waals surface area contributed by atoms with E-state index in [0.29, 0.717) is 5.75 Å². The molecule has 4 heteroatoms. The van der Waals surface area contributed by atoms with Gasteiger partial charge in [0.15, 0.2) is 11.6 Å². The van der Waals surface area contributed by atoms with Gasteiger partial charge in [-0.3, -0.25) is 0 Å². The van der Waals surface area contributed by atoms with E-state index in [9.17, 15) is 4.39 Å². The Morgan fingerprint density at radius 1 is 1.50 bits per heavy atom. The summed E-state index contributed by atoms with van der Waals surface area (Å²) in [6.07, 6.45) is 1.94. The van der Waals surface area contributed by atoms with Crippen LogP contribution < -0.4 is 4.74 Å². The number of fused-ring (bicyclic) bond motifs is 1. The minimum absolute atomic E-state index is 0.285. The third-order valence-corrected chi connectivity index (χ3v) is 3.73. The van der Waals surface area contributed by atoms with E-state index in [1.54, 1.807) is 11.8 Å². The minimum atomic E-state index is -0.285. The highest BCUT2D eigenvalue weighted by molar-refractivity contribution is 7.98. The third kappa shape index (κ3) is 1.38. The molecule has 1 nitrogen and oxygen atoms in total. The lowest BCUT2D eigenvalue weighted by atomic mass is 10.2. The number of hydrogen-bond acceptors (Lipinski definition) is 3. The molecule has 2 rings (SSSR count). The van der Waals surface area contributed by atoms with Gasteiger partial charge >= 0.3 is 0 Å². The lowest BCUT2D eigenvalue weighted by Gasteiger charge is -2.06. The van der Waals surface area contributed by atoms with Gasteiger partial charge in [-0.2, -0.15) is 0 Å². The Balaban J connectivity index is 2.81. The summed E-state index contributed by atoms with van der Waals surface area (Å²) in [4.78, 5) is 0.958. The second kappa shape index (κ2) is 3.79. The van der Waals surface area contributed by atoms with Crippen molar-refractivity contribution < 1.29 is 9.13 Å². The second-order valence-electron chi connectivity index (χ2n) is 2.76. The molecular weight excluding hydrogens is 219 g/mol. The van der Waals surface area contributed by atoms with Gasteiger partial charge in [0.2, 0.25) is 0 Å². The van der Waals surface area contributed by atoms with E-state index in [-0.39, 0.29) is 5.82 Å². The topological polar surface area (TPSA) is 9.23 Å². The van der Waals surface area contributed by atoms with Crippen LogP contribution in [0.2, 0.25) is 0 Å². The monoisotopic (exact) mass is 228 g/mol. The molecule has 0 atom stereocenters. The highest BCUT2D eigenvalue weighted by Crippen LogP contribution is 2.38. The molecule has 0 unspecified atom stereocenters. The molecule has 0 aliphatic rings. The van der Waals surface area contributed by atoms with Crippen LogP contribution in [-0.4, -0.2) is 13.4 Å². The average molecular weight is 228 g/mol. The van der Waals surface area contributed by atoms with Crippen molar-refractivity contribution in [3.63, 3.8) is 0 Å². The number of hydrogen-bond donors (Lipinski definition) is 0. The molecular formula is C10H9FOS2. The Hall–Kier alpha value is -0.740. The van der Waals surface area contributed by atoms with Gasteiger partial charge < -0.3 is 4.74 Å². The van der Waals surface area contributed by atoms with Crippen LogP contribution in [0, 0.1) is 5.82 Å². The summed E-state index contributed by atoms with van der Waals surface area (Å²) in [6.45, 7) is 0. The van der Waals surface area contributed by atoms with E-state index < -0.39 is 0 Å². The largest absolute Gasteiger partial charge is 0.492 e. The van der Waals surface area contributed by atoms with E-state index in [4.69, 9.17) is 4.74 Å². The van der Waals surface area contributed by atoms with Crippen molar-refractivity contribution in [3.05, 3.63) is 23.3 Å². The van der Waals surface area contributed by atoms with Crippen molar-refractivity contribution in [1.29, 1.82) is 0 Å². The molecule has 1 heterocycles. The summed E-state index contributed by atoms with van der Waals surface area (Å²) in [6, 6.07) is 3.52. The predicted octanol–water partition coefficient (Wildman–Crippen LogP) is 3.77. The SMILES string of the molecule is COc1c(F)cc(SC)c2ccsc12. The number of rotatable bonds is 2. The second-order valence-corrected chi connectivity index (χ2v) is 4.52. The fourth-order valence-electron chi connectivity index (χ4n) is 1.41. The lowest BCUT2D eigenvalue weighted by molar-refractivity contribution is 0.392. The molecule has 0 radical (unpaired) electrons. The molecule has 2 aromatic rings. The van der Waals surface area contributed by atoms with Crippen LogP contribution >= 0.6 is 23.1 Å². The Labute approximate surface area is 89.9 Å². The van der Waals surface area contributed by atoms with Crippen LogP contribution in [0.1, 0.15) is 0 Å². The van der Waals surface area contributed by atoms with E-state index in [1.165, 1.54) is 24.5 Å². The van der Waals surface area contributed by atoms with Gasteiger partial charge in [-0.1, -0.05) is 0 Å². The van der Waals surface area contributed by atoms with E-state index in [2.05, 4.69) is 0 Å². The minimum Gasteiger partial charge on any atom is -0.492 e. The van der Waals surface area contributed by atoms with Crippen molar-refractivity contribution in [2.75, 3.05) is 13.4 Å². The summed E-state index contributed by atoms with van der Waals surface area (Å²) < 4.78 is 19.4.